The third kappa shape index (κ3) is 3.30. The minimum Gasteiger partial charge on any atom is -0.365 e. The zero-order valence-electron chi connectivity index (χ0n) is 12.2. The fourth-order valence-electron chi connectivity index (χ4n) is 2.05. The molecule has 3 N–H and O–H groups in total. The van der Waals surface area contributed by atoms with Gasteiger partial charge in [0, 0.05) is 5.56 Å². The minimum absolute atomic E-state index is 0.249. The first-order valence-electron chi connectivity index (χ1n) is 6.76. The molecule has 0 atom stereocenters. The maximum absolute atomic E-state index is 12.5. The van der Waals surface area contributed by atoms with E-state index < -0.39 is 5.91 Å². The molecule has 3 aromatic rings. The Kier molecular flexibility index (Phi) is 4.22. The van der Waals surface area contributed by atoms with Gasteiger partial charge in [0.15, 0.2) is 5.13 Å². The highest BCUT2D eigenvalue weighted by molar-refractivity contribution is 7.17. The molecular weight excluding hydrogens is 330 g/mol. The van der Waals surface area contributed by atoms with Crippen LogP contribution in [0.15, 0.2) is 41.9 Å². The maximum atomic E-state index is 12.5. The summed E-state index contributed by atoms with van der Waals surface area (Å²) in [6.07, 6.45) is 1.36. The van der Waals surface area contributed by atoms with Crippen molar-refractivity contribution in [3.05, 3.63) is 57.2 Å². The van der Waals surface area contributed by atoms with E-state index in [4.69, 9.17) is 5.73 Å². The van der Waals surface area contributed by atoms with Crippen LogP contribution in [0.2, 0.25) is 0 Å². The van der Waals surface area contributed by atoms with E-state index in [0.717, 1.165) is 28.0 Å². The Hall–Kier alpha value is -2.51. The normalized spacial score (nSPS) is 10.5. The molecule has 5 nitrogen and oxygen atoms in total. The Morgan fingerprint density at radius 1 is 1.17 bits per heavy atom. The predicted octanol–water partition coefficient (Wildman–Crippen LogP) is 3.53. The molecule has 2 heterocycles. The Bertz CT molecular complexity index is 866. The number of amides is 2. The van der Waals surface area contributed by atoms with Crippen LogP contribution in [0, 0.1) is 6.92 Å². The molecule has 7 heteroatoms. The molecule has 2 aromatic heterocycles. The molecule has 23 heavy (non-hydrogen) atoms. The van der Waals surface area contributed by atoms with E-state index in [-0.39, 0.29) is 5.91 Å². The molecule has 0 fully saturated rings. The van der Waals surface area contributed by atoms with E-state index in [0.29, 0.717) is 14.9 Å². The van der Waals surface area contributed by atoms with E-state index in [1.54, 1.807) is 0 Å². The van der Waals surface area contributed by atoms with Crippen LogP contribution >= 0.6 is 22.7 Å². The first kappa shape index (κ1) is 15.4. The van der Waals surface area contributed by atoms with Crippen LogP contribution in [0.1, 0.15) is 24.9 Å². The Morgan fingerprint density at radius 3 is 2.57 bits per heavy atom. The number of hydrogen-bond donors (Lipinski definition) is 2. The number of hydrogen-bond acceptors (Lipinski definition) is 5. The Morgan fingerprint density at radius 2 is 1.91 bits per heavy atom. The van der Waals surface area contributed by atoms with Crippen molar-refractivity contribution in [1.29, 1.82) is 0 Å². The zero-order valence-corrected chi connectivity index (χ0v) is 13.8. The van der Waals surface area contributed by atoms with Crippen molar-refractivity contribution in [3.8, 4) is 11.1 Å². The Labute approximate surface area is 140 Å². The number of anilines is 1. The number of benzene rings is 1. The predicted molar refractivity (Wildman–Crippen MR) is 93.1 cm³/mol. The lowest BCUT2D eigenvalue weighted by molar-refractivity contribution is 0.100. The van der Waals surface area contributed by atoms with Crippen LogP contribution in [0.5, 0.6) is 0 Å². The van der Waals surface area contributed by atoms with E-state index in [9.17, 15) is 9.59 Å². The largest absolute Gasteiger partial charge is 0.365 e. The van der Waals surface area contributed by atoms with Gasteiger partial charge in [-0.15, -0.1) is 11.3 Å². The maximum Gasteiger partial charge on any atom is 0.268 e. The molecule has 0 aliphatic carbocycles. The smallest absolute Gasteiger partial charge is 0.268 e. The van der Waals surface area contributed by atoms with Crippen LogP contribution < -0.4 is 11.1 Å². The molecule has 0 saturated carbocycles. The summed E-state index contributed by atoms with van der Waals surface area (Å²) in [5.41, 5.74) is 8.21. The third-order valence-electron chi connectivity index (χ3n) is 3.20. The lowest BCUT2D eigenvalue weighted by Gasteiger charge is -2.04. The second-order valence-corrected chi connectivity index (χ2v) is 6.82. The molecule has 3 rings (SSSR count). The fraction of sp³-hybridized carbons (Fsp3) is 0.0625. The van der Waals surface area contributed by atoms with Crippen LogP contribution in [-0.4, -0.2) is 16.8 Å². The van der Waals surface area contributed by atoms with Crippen molar-refractivity contribution in [2.24, 2.45) is 5.73 Å². The second kappa shape index (κ2) is 6.31. The molecule has 0 radical (unpaired) electrons. The zero-order chi connectivity index (χ0) is 16.4. The number of rotatable bonds is 4. The minimum atomic E-state index is -0.556. The fourth-order valence-corrected chi connectivity index (χ4v) is 3.52. The average Bonchev–Trinajstić information content (AvgIpc) is 3.16. The van der Waals surface area contributed by atoms with Crippen LogP contribution in [0.3, 0.4) is 0 Å². The summed E-state index contributed by atoms with van der Waals surface area (Å²) >= 11 is 2.42. The molecule has 0 saturated heterocycles. The van der Waals surface area contributed by atoms with Gasteiger partial charge in [0.1, 0.15) is 9.75 Å². The molecular formula is C16H13N3O2S2. The van der Waals surface area contributed by atoms with E-state index in [1.807, 2.05) is 42.6 Å². The van der Waals surface area contributed by atoms with Gasteiger partial charge in [-0.3, -0.25) is 14.9 Å². The highest BCUT2D eigenvalue weighted by Crippen LogP contribution is 2.29. The van der Waals surface area contributed by atoms with E-state index in [2.05, 4.69) is 10.3 Å². The summed E-state index contributed by atoms with van der Waals surface area (Å²) < 4.78 is 0. The number of carbonyl (C=O) groups excluding carboxylic acids is 2. The van der Waals surface area contributed by atoms with Crippen LogP contribution in [-0.2, 0) is 0 Å². The monoisotopic (exact) mass is 343 g/mol. The molecule has 0 spiro atoms. The molecule has 0 unspecified atom stereocenters. The number of aromatic nitrogens is 1. The van der Waals surface area contributed by atoms with E-state index in [1.165, 1.54) is 17.5 Å². The third-order valence-corrected chi connectivity index (χ3v) is 5.04. The Balaban J connectivity index is 1.84. The number of thiazole rings is 1. The quantitative estimate of drug-likeness (QED) is 0.760. The molecule has 1 aromatic carbocycles. The summed E-state index contributed by atoms with van der Waals surface area (Å²) in [6, 6.07) is 9.91. The lowest BCUT2D eigenvalue weighted by atomic mass is 10.0. The summed E-state index contributed by atoms with van der Waals surface area (Å²) in [6.45, 7) is 2.02. The van der Waals surface area contributed by atoms with Gasteiger partial charge in [0.05, 0.1) is 6.20 Å². The number of carbonyl (C=O) groups is 2. The van der Waals surface area contributed by atoms with Crippen LogP contribution in [0.4, 0.5) is 5.13 Å². The van der Waals surface area contributed by atoms with Crippen molar-refractivity contribution in [3.63, 3.8) is 0 Å². The van der Waals surface area contributed by atoms with Crippen molar-refractivity contribution in [1.82, 2.24) is 4.98 Å². The first-order valence-corrected chi connectivity index (χ1v) is 8.46. The number of nitrogens with zero attached hydrogens (tertiary/aromatic N) is 1. The highest BCUT2D eigenvalue weighted by atomic mass is 32.1. The van der Waals surface area contributed by atoms with Crippen molar-refractivity contribution in [2.45, 2.75) is 6.92 Å². The van der Waals surface area contributed by atoms with Gasteiger partial charge in [0.2, 0.25) is 0 Å². The summed E-state index contributed by atoms with van der Waals surface area (Å²) in [7, 11) is 0. The van der Waals surface area contributed by atoms with Gasteiger partial charge < -0.3 is 5.73 Å². The van der Waals surface area contributed by atoms with Gasteiger partial charge in [-0.2, -0.15) is 0 Å². The highest BCUT2D eigenvalue weighted by Gasteiger charge is 2.16. The molecule has 0 aliphatic heterocycles. The van der Waals surface area contributed by atoms with Gasteiger partial charge in [-0.1, -0.05) is 41.2 Å². The van der Waals surface area contributed by atoms with Crippen LogP contribution in [0.25, 0.3) is 11.1 Å². The summed E-state index contributed by atoms with van der Waals surface area (Å²) in [4.78, 5) is 28.4. The first-order chi connectivity index (χ1) is 11.0. The number of thiophene rings is 1. The van der Waals surface area contributed by atoms with Crippen molar-refractivity contribution < 1.29 is 9.59 Å². The molecule has 0 bridgehead atoms. The number of primary amides is 1. The van der Waals surface area contributed by atoms with E-state index >= 15 is 0 Å². The van der Waals surface area contributed by atoms with Crippen molar-refractivity contribution >= 4 is 39.6 Å². The number of aryl methyl sites for hydroxylation is 1. The average molecular weight is 343 g/mol. The van der Waals surface area contributed by atoms with Gasteiger partial charge in [0.25, 0.3) is 11.8 Å². The second-order valence-electron chi connectivity index (χ2n) is 4.88. The SMILES string of the molecule is Cc1ccc(-c2ccsc2C(=O)Nc2ncc(C(N)=O)s2)cc1. The van der Waals surface area contributed by atoms with Gasteiger partial charge in [-0.25, -0.2) is 4.98 Å². The number of nitrogens with two attached hydrogens (primary N) is 1. The topological polar surface area (TPSA) is 85.1 Å². The standard InChI is InChI=1S/C16H13N3O2S2/c1-9-2-4-10(5-3-9)11-6-7-22-13(11)15(21)19-16-18-8-12(23-16)14(17)20/h2-8H,1H3,(H2,17,20)(H,18,19,21). The molecule has 2 amide bonds. The molecule has 0 aliphatic rings. The van der Waals surface area contributed by atoms with Crippen molar-refractivity contribution in [2.75, 3.05) is 5.32 Å². The lowest BCUT2D eigenvalue weighted by Crippen LogP contribution is -2.11. The summed E-state index contributed by atoms with van der Waals surface area (Å²) in [5.74, 6) is -0.805. The summed E-state index contributed by atoms with van der Waals surface area (Å²) in [5, 5.41) is 4.94. The van der Waals surface area contributed by atoms with Gasteiger partial charge in [-0.05, 0) is 23.9 Å². The number of nitrogens with one attached hydrogen (secondary N) is 1. The molecule has 116 valence electrons. The van der Waals surface area contributed by atoms with Gasteiger partial charge >= 0.3 is 0 Å².